The molecule has 2 heterocycles. The number of hydrogen-bond donors (Lipinski definition) is 0. The van der Waals surface area contributed by atoms with Crippen LogP contribution in [0.4, 0.5) is 0 Å². The highest BCUT2D eigenvalue weighted by Gasteiger charge is 2.06. The van der Waals surface area contributed by atoms with E-state index in [1.165, 1.54) is 21.9 Å². The van der Waals surface area contributed by atoms with Gasteiger partial charge in [-0.1, -0.05) is 18.3 Å². The quantitative estimate of drug-likeness (QED) is 0.676. The first-order valence-electron chi connectivity index (χ1n) is 4.09. The number of nitrogens with zero attached hydrogens (tertiary/aromatic N) is 3. The summed E-state index contributed by atoms with van der Waals surface area (Å²) in [4.78, 5) is 26.3. The molecule has 0 fully saturated rings. The van der Waals surface area contributed by atoms with E-state index in [9.17, 15) is 9.59 Å². The van der Waals surface area contributed by atoms with E-state index >= 15 is 0 Å². The van der Waals surface area contributed by atoms with Crippen LogP contribution in [-0.2, 0) is 6.42 Å². The van der Waals surface area contributed by atoms with Gasteiger partial charge in [0.1, 0.15) is 10.7 Å². The van der Waals surface area contributed by atoms with Crippen LogP contribution < -0.4 is 5.56 Å². The maximum Gasteiger partial charge on any atom is 0.275 e. The zero-order valence-electron chi connectivity index (χ0n) is 7.43. The molecule has 0 N–H and O–H groups in total. The molecule has 0 aliphatic rings. The Kier molecular flexibility index (Phi) is 2.12. The largest absolute Gasteiger partial charge is 0.296 e. The van der Waals surface area contributed by atoms with Gasteiger partial charge in [-0.3, -0.25) is 9.59 Å². The lowest BCUT2D eigenvalue weighted by Gasteiger charge is -1.89. The van der Waals surface area contributed by atoms with Crippen molar-refractivity contribution in [2.75, 3.05) is 0 Å². The van der Waals surface area contributed by atoms with Crippen LogP contribution in [0.15, 0.2) is 10.9 Å². The van der Waals surface area contributed by atoms with Crippen molar-refractivity contribution in [1.29, 1.82) is 0 Å². The summed E-state index contributed by atoms with van der Waals surface area (Å²) in [7, 11) is 0. The minimum atomic E-state index is -0.312. The SMILES string of the molecule is CCc1nn2c(=O)cc(C=O)nc2s1. The van der Waals surface area contributed by atoms with Gasteiger partial charge in [-0.2, -0.15) is 9.61 Å². The van der Waals surface area contributed by atoms with E-state index in [0.717, 1.165) is 11.4 Å². The van der Waals surface area contributed by atoms with Crippen molar-refractivity contribution in [2.24, 2.45) is 0 Å². The molecule has 0 amide bonds. The average molecular weight is 209 g/mol. The van der Waals surface area contributed by atoms with Crippen LogP contribution in [0.5, 0.6) is 0 Å². The predicted molar refractivity (Wildman–Crippen MR) is 51.9 cm³/mol. The third-order valence-corrected chi connectivity index (χ3v) is 2.78. The molecule has 5 nitrogen and oxygen atoms in total. The summed E-state index contributed by atoms with van der Waals surface area (Å²) < 4.78 is 1.22. The van der Waals surface area contributed by atoms with Gasteiger partial charge in [-0.05, 0) is 6.42 Å². The Morgan fingerprint density at radius 3 is 3.07 bits per heavy atom. The first kappa shape index (κ1) is 9.01. The summed E-state index contributed by atoms with van der Waals surface area (Å²) >= 11 is 1.32. The molecule has 0 saturated heterocycles. The van der Waals surface area contributed by atoms with Crippen LogP contribution in [0.1, 0.15) is 22.4 Å². The van der Waals surface area contributed by atoms with Gasteiger partial charge in [0.15, 0.2) is 6.29 Å². The van der Waals surface area contributed by atoms with Crippen molar-refractivity contribution >= 4 is 22.6 Å². The lowest BCUT2D eigenvalue weighted by atomic mass is 10.4. The van der Waals surface area contributed by atoms with Gasteiger partial charge in [0, 0.05) is 6.07 Å². The molecule has 2 aromatic heterocycles. The van der Waals surface area contributed by atoms with E-state index in [1.54, 1.807) is 0 Å². The molecular formula is C8H7N3O2S. The second kappa shape index (κ2) is 3.30. The Labute approximate surface area is 83.0 Å². The summed E-state index contributed by atoms with van der Waals surface area (Å²) in [6.07, 6.45) is 1.32. The zero-order chi connectivity index (χ0) is 10.1. The number of carbonyl (C=O) groups excluding carboxylic acids is 1. The highest BCUT2D eigenvalue weighted by molar-refractivity contribution is 7.16. The monoisotopic (exact) mass is 209 g/mol. The Hall–Kier alpha value is -1.56. The number of carbonyl (C=O) groups is 1. The maximum atomic E-state index is 11.4. The normalized spacial score (nSPS) is 10.6. The number of hydrogen-bond acceptors (Lipinski definition) is 5. The van der Waals surface area contributed by atoms with Crippen molar-refractivity contribution in [1.82, 2.24) is 14.6 Å². The molecule has 6 heteroatoms. The average Bonchev–Trinajstić information content (AvgIpc) is 2.61. The lowest BCUT2D eigenvalue weighted by molar-refractivity contribution is 0.111. The number of aromatic nitrogens is 3. The van der Waals surface area contributed by atoms with Crippen molar-refractivity contribution in [3.05, 3.63) is 27.1 Å². The summed E-state index contributed by atoms with van der Waals surface area (Å²) in [5.41, 5.74) is -0.158. The van der Waals surface area contributed by atoms with Crippen molar-refractivity contribution in [3.8, 4) is 0 Å². The van der Waals surface area contributed by atoms with Gasteiger partial charge in [-0.25, -0.2) is 4.98 Å². The van der Waals surface area contributed by atoms with E-state index in [4.69, 9.17) is 0 Å². The highest BCUT2D eigenvalue weighted by atomic mass is 32.1. The standard InChI is InChI=1S/C8H7N3O2S/c1-2-6-10-11-7(13)3-5(4-12)9-8(11)14-6/h3-4H,2H2,1H3. The number of aldehydes is 1. The van der Waals surface area contributed by atoms with Crippen LogP contribution in [0, 0.1) is 0 Å². The van der Waals surface area contributed by atoms with Crippen molar-refractivity contribution in [2.45, 2.75) is 13.3 Å². The summed E-state index contributed by atoms with van der Waals surface area (Å²) in [5, 5.41) is 4.88. The molecule has 2 aromatic rings. The number of aryl methyl sites for hydroxylation is 1. The Morgan fingerprint density at radius 1 is 1.64 bits per heavy atom. The maximum absolute atomic E-state index is 11.4. The van der Waals surface area contributed by atoms with E-state index in [0.29, 0.717) is 11.2 Å². The molecular weight excluding hydrogens is 202 g/mol. The lowest BCUT2D eigenvalue weighted by Crippen LogP contribution is -2.15. The Morgan fingerprint density at radius 2 is 2.43 bits per heavy atom. The van der Waals surface area contributed by atoms with Gasteiger partial charge >= 0.3 is 0 Å². The molecule has 0 bridgehead atoms. The fourth-order valence-electron chi connectivity index (χ4n) is 1.07. The second-order valence-electron chi connectivity index (χ2n) is 2.68. The van der Waals surface area contributed by atoms with Gasteiger partial charge < -0.3 is 0 Å². The van der Waals surface area contributed by atoms with Crippen LogP contribution in [-0.4, -0.2) is 20.9 Å². The molecule has 14 heavy (non-hydrogen) atoms. The van der Waals surface area contributed by atoms with E-state index in [1.807, 2.05) is 6.92 Å². The van der Waals surface area contributed by atoms with E-state index in [2.05, 4.69) is 10.1 Å². The Balaban J connectivity index is 2.79. The summed E-state index contributed by atoms with van der Waals surface area (Å²) in [6.45, 7) is 1.95. The van der Waals surface area contributed by atoms with Gasteiger partial charge in [0.2, 0.25) is 4.96 Å². The van der Waals surface area contributed by atoms with Crippen LogP contribution in [0.2, 0.25) is 0 Å². The van der Waals surface area contributed by atoms with Gasteiger partial charge in [0.25, 0.3) is 5.56 Å². The Bertz CT molecular complexity index is 543. The summed E-state index contributed by atoms with van der Waals surface area (Å²) in [6, 6.07) is 1.18. The fourth-order valence-corrected chi connectivity index (χ4v) is 1.92. The number of fused-ring (bicyclic) bond motifs is 1. The molecule has 0 saturated carbocycles. The first-order valence-corrected chi connectivity index (χ1v) is 4.91. The molecule has 0 aliphatic heterocycles. The zero-order valence-corrected chi connectivity index (χ0v) is 8.24. The van der Waals surface area contributed by atoms with Crippen molar-refractivity contribution < 1.29 is 4.79 Å². The minimum absolute atomic E-state index is 0.154. The smallest absolute Gasteiger partial charge is 0.275 e. The molecule has 0 radical (unpaired) electrons. The molecule has 0 aromatic carbocycles. The van der Waals surface area contributed by atoms with E-state index in [-0.39, 0.29) is 11.3 Å². The third kappa shape index (κ3) is 1.33. The van der Waals surface area contributed by atoms with Crippen LogP contribution >= 0.6 is 11.3 Å². The van der Waals surface area contributed by atoms with Crippen LogP contribution in [0.25, 0.3) is 4.96 Å². The fraction of sp³-hybridized carbons (Fsp3) is 0.250. The molecule has 2 rings (SSSR count). The molecule has 0 atom stereocenters. The van der Waals surface area contributed by atoms with Gasteiger partial charge in [-0.15, -0.1) is 0 Å². The molecule has 0 spiro atoms. The van der Waals surface area contributed by atoms with Crippen molar-refractivity contribution in [3.63, 3.8) is 0 Å². The second-order valence-corrected chi connectivity index (χ2v) is 3.72. The third-order valence-electron chi connectivity index (χ3n) is 1.73. The first-order chi connectivity index (χ1) is 6.74. The number of rotatable bonds is 2. The highest BCUT2D eigenvalue weighted by Crippen LogP contribution is 2.10. The molecule has 0 unspecified atom stereocenters. The van der Waals surface area contributed by atoms with Crippen LogP contribution in [0.3, 0.4) is 0 Å². The molecule has 72 valence electrons. The summed E-state index contributed by atoms with van der Waals surface area (Å²) in [5.74, 6) is 0. The molecule has 0 aliphatic carbocycles. The minimum Gasteiger partial charge on any atom is -0.296 e. The predicted octanol–water partition coefficient (Wildman–Crippen LogP) is 0.526. The van der Waals surface area contributed by atoms with E-state index < -0.39 is 0 Å². The van der Waals surface area contributed by atoms with Gasteiger partial charge in [0.05, 0.1) is 0 Å². The topological polar surface area (TPSA) is 64.3 Å².